The molecule has 0 heterocycles. The number of nitrogen functional groups attached to an aromatic ring is 1. The van der Waals surface area contributed by atoms with Crippen molar-refractivity contribution in [3.05, 3.63) is 47.5 Å². The fourth-order valence-corrected chi connectivity index (χ4v) is 1.90. The van der Waals surface area contributed by atoms with Crippen LogP contribution in [0.3, 0.4) is 0 Å². The third kappa shape index (κ3) is 3.03. The summed E-state index contributed by atoms with van der Waals surface area (Å²) in [5.41, 5.74) is 8.86. The van der Waals surface area contributed by atoms with Gasteiger partial charge in [0.15, 0.2) is 0 Å². The first-order chi connectivity index (χ1) is 9.11. The van der Waals surface area contributed by atoms with Gasteiger partial charge in [0, 0.05) is 5.56 Å². The number of nitrogens with zero attached hydrogens (tertiary/aromatic N) is 2. The smallest absolute Gasteiger partial charge is 0.147 e. The van der Waals surface area contributed by atoms with Crippen LogP contribution in [-0.2, 0) is 5.88 Å². The highest BCUT2D eigenvalue weighted by molar-refractivity contribution is 6.17. The summed E-state index contributed by atoms with van der Waals surface area (Å²) in [6, 6.07) is 10.7. The van der Waals surface area contributed by atoms with Crippen LogP contribution in [-0.4, -0.2) is 5.11 Å². The Morgan fingerprint density at radius 1 is 1.16 bits per heavy atom. The maximum absolute atomic E-state index is 9.99. The van der Waals surface area contributed by atoms with E-state index in [9.17, 15) is 5.11 Å². The number of hydrogen-bond acceptors (Lipinski definition) is 4. The molecule has 98 valence electrons. The van der Waals surface area contributed by atoms with Crippen LogP contribution in [0.2, 0.25) is 0 Å². The van der Waals surface area contributed by atoms with Crippen molar-refractivity contribution >= 4 is 28.7 Å². The summed E-state index contributed by atoms with van der Waals surface area (Å²) < 4.78 is 0. The SMILES string of the molecule is Cc1cc(CCl)c(O)c(N=Nc2ccccc2N)c1. The van der Waals surface area contributed by atoms with Gasteiger partial charge in [-0.05, 0) is 30.7 Å². The molecule has 0 aliphatic carbocycles. The Hall–Kier alpha value is -2.07. The molecular weight excluding hydrogens is 262 g/mol. The van der Waals surface area contributed by atoms with E-state index >= 15 is 0 Å². The second-order valence-electron chi connectivity index (χ2n) is 4.18. The number of nitrogens with two attached hydrogens (primary N) is 1. The highest BCUT2D eigenvalue weighted by atomic mass is 35.5. The monoisotopic (exact) mass is 275 g/mol. The van der Waals surface area contributed by atoms with E-state index in [1.807, 2.05) is 25.1 Å². The highest BCUT2D eigenvalue weighted by Crippen LogP contribution is 2.34. The summed E-state index contributed by atoms with van der Waals surface area (Å²) >= 11 is 5.77. The third-order valence-corrected chi connectivity index (χ3v) is 2.95. The molecule has 0 unspecified atom stereocenters. The highest BCUT2D eigenvalue weighted by Gasteiger charge is 2.07. The number of alkyl halides is 1. The number of phenols is 1. The van der Waals surface area contributed by atoms with Crippen LogP contribution in [0.1, 0.15) is 11.1 Å². The van der Waals surface area contributed by atoms with Crippen molar-refractivity contribution in [1.82, 2.24) is 0 Å². The predicted molar refractivity (Wildman–Crippen MR) is 77.4 cm³/mol. The summed E-state index contributed by atoms with van der Waals surface area (Å²) in [5, 5.41) is 18.1. The van der Waals surface area contributed by atoms with E-state index in [2.05, 4.69) is 10.2 Å². The molecule has 2 rings (SSSR count). The molecule has 0 atom stereocenters. The Morgan fingerprint density at radius 3 is 2.53 bits per heavy atom. The zero-order valence-corrected chi connectivity index (χ0v) is 11.2. The maximum atomic E-state index is 9.99. The number of anilines is 1. The van der Waals surface area contributed by atoms with Crippen LogP contribution >= 0.6 is 11.6 Å². The minimum atomic E-state index is 0.0545. The van der Waals surface area contributed by atoms with Gasteiger partial charge in [-0.1, -0.05) is 18.2 Å². The van der Waals surface area contributed by atoms with Gasteiger partial charge in [-0.15, -0.1) is 21.8 Å². The van der Waals surface area contributed by atoms with Gasteiger partial charge in [-0.3, -0.25) is 0 Å². The van der Waals surface area contributed by atoms with Crippen LogP contribution in [0.25, 0.3) is 0 Å². The summed E-state index contributed by atoms with van der Waals surface area (Å²) in [7, 11) is 0. The zero-order valence-electron chi connectivity index (χ0n) is 10.5. The van der Waals surface area contributed by atoms with Crippen LogP contribution in [0.5, 0.6) is 5.75 Å². The van der Waals surface area contributed by atoms with Crippen molar-refractivity contribution in [2.24, 2.45) is 10.2 Å². The molecule has 0 aliphatic heterocycles. The van der Waals surface area contributed by atoms with Crippen LogP contribution in [0, 0.1) is 6.92 Å². The number of azo groups is 1. The number of phenolic OH excluding ortho intramolecular Hbond substituents is 1. The third-order valence-electron chi connectivity index (χ3n) is 2.66. The minimum Gasteiger partial charge on any atom is -0.505 e. The van der Waals surface area contributed by atoms with E-state index in [0.717, 1.165) is 5.56 Å². The molecule has 0 saturated heterocycles. The number of aromatic hydroxyl groups is 1. The van der Waals surface area contributed by atoms with Gasteiger partial charge in [0.2, 0.25) is 0 Å². The molecule has 0 aliphatic rings. The second kappa shape index (κ2) is 5.71. The summed E-state index contributed by atoms with van der Waals surface area (Å²) in [4.78, 5) is 0. The van der Waals surface area contributed by atoms with Gasteiger partial charge in [-0.25, -0.2) is 0 Å². The van der Waals surface area contributed by atoms with Crippen LogP contribution in [0.15, 0.2) is 46.6 Å². The number of para-hydroxylation sites is 1. The number of halogens is 1. The van der Waals surface area contributed by atoms with Crippen LogP contribution in [0.4, 0.5) is 17.1 Å². The molecule has 0 saturated carbocycles. The molecule has 2 aromatic rings. The van der Waals surface area contributed by atoms with Gasteiger partial charge in [0.25, 0.3) is 0 Å². The normalized spacial score (nSPS) is 11.1. The van der Waals surface area contributed by atoms with Crippen molar-refractivity contribution < 1.29 is 5.11 Å². The Kier molecular flexibility index (Phi) is 4.02. The Labute approximate surface area is 116 Å². The summed E-state index contributed by atoms with van der Waals surface area (Å²) in [6.07, 6.45) is 0. The van der Waals surface area contributed by atoms with E-state index in [1.165, 1.54) is 0 Å². The standard InChI is InChI=1S/C14H14ClN3O/c1-9-6-10(8-15)14(19)13(7-9)18-17-12-5-3-2-4-11(12)16/h2-7,19H,8,16H2,1H3. The molecule has 3 N–H and O–H groups in total. The van der Waals surface area contributed by atoms with E-state index in [1.54, 1.807) is 18.2 Å². The van der Waals surface area contributed by atoms with Crippen LogP contribution < -0.4 is 5.73 Å². The lowest BCUT2D eigenvalue weighted by atomic mass is 10.1. The maximum Gasteiger partial charge on any atom is 0.147 e. The van der Waals surface area contributed by atoms with Crippen molar-refractivity contribution in [3.8, 4) is 5.75 Å². The number of hydrogen-bond donors (Lipinski definition) is 2. The van der Waals surface area contributed by atoms with Crippen molar-refractivity contribution in [2.45, 2.75) is 12.8 Å². The number of aryl methyl sites for hydroxylation is 1. The molecule has 0 spiro atoms. The van der Waals surface area contributed by atoms with Crippen molar-refractivity contribution in [2.75, 3.05) is 5.73 Å². The van der Waals surface area contributed by atoms with Gasteiger partial charge < -0.3 is 10.8 Å². The quantitative estimate of drug-likeness (QED) is 0.494. The Balaban J connectivity index is 2.39. The fourth-order valence-electron chi connectivity index (χ4n) is 1.70. The molecule has 4 nitrogen and oxygen atoms in total. The lowest BCUT2D eigenvalue weighted by molar-refractivity contribution is 0.471. The first-order valence-electron chi connectivity index (χ1n) is 5.76. The molecule has 0 radical (unpaired) electrons. The fraction of sp³-hybridized carbons (Fsp3) is 0.143. The average molecular weight is 276 g/mol. The minimum absolute atomic E-state index is 0.0545. The molecule has 0 bridgehead atoms. The van der Waals surface area contributed by atoms with E-state index in [0.29, 0.717) is 22.6 Å². The summed E-state index contributed by atoms with van der Waals surface area (Å²) in [6.45, 7) is 1.91. The van der Waals surface area contributed by atoms with Gasteiger partial charge >= 0.3 is 0 Å². The molecular formula is C14H14ClN3O. The molecule has 2 aromatic carbocycles. The van der Waals surface area contributed by atoms with Crippen molar-refractivity contribution in [1.29, 1.82) is 0 Å². The predicted octanol–water partition coefficient (Wildman–Crippen LogP) is 4.44. The lowest BCUT2D eigenvalue weighted by Gasteiger charge is -2.05. The van der Waals surface area contributed by atoms with E-state index in [4.69, 9.17) is 17.3 Å². The molecule has 0 fully saturated rings. The van der Waals surface area contributed by atoms with Gasteiger partial charge in [0.1, 0.15) is 17.1 Å². The topological polar surface area (TPSA) is 71.0 Å². The summed E-state index contributed by atoms with van der Waals surface area (Å²) in [5.74, 6) is 0.280. The largest absolute Gasteiger partial charge is 0.505 e. The molecule has 19 heavy (non-hydrogen) atoms. The first kappa shape index (κ1) is 13.4. The molecule has 5 heteroatoms. The number of rotatable bonds is 3. The average Bonchev–Trinajstić information content (AvgIpc) is 2.41. The second-order valence-corrected chi connectivity index (χ2v) is 4.45. The van der Waals surface area contributed by atoms with Gasteiger partial charge in [-0.2, -0.15) is 0 Å². The Morgan fingerprint density at radius 2 is 1.84 bits per heavy atom. The first-order valence-corrected chi connectivity index (χ1v) is 6.30. The lowest BCUT2D eigenvalue weighted by Crippen LogP contribution is -1.84. The Bertz CT molecular complexity index is 626. The van der Waals surface area contributed by atoms with Gasteiger partial charge in [0.05, 0.1) is 11.6 Å². The number of benzene rings is 2. The van der Waals surface area contributed by atoms with Crippen molar-refractivity contribution in [3.63, 3.8) is 0 Å². The molecule has 0 amide bonds. The van der Waals surface area contributed by atoms with E-state index < -0.39 is 0 Å². The van der Waals surface area contributed by atoms with E-state index in [-0.39, 0.29) is 11.6 Å². The molecule has 0 aromatic heterocycles. The zero-order chi connectivity index (χ0) is 13.8.